The van der Waals surface area contributed by atoms with Gasteiger partial charge >= 0.3 is 12.2 Å². The fourth-order valence-corrected chi connectivity index (χ4v) is 2.21. The number of alkyl halides is 3. The maximum absolute atomic E-state index is 12.9. The summed E-state index contributed by atoms with van der Waals surface area (Å²) in [5, 5.41) is 4.75. The summed E-state index contributed by atoms with van der Waals surface area (Å²) in [5.74, 6) is -0.0161. The molecule has 1 aromatic heterocycles. The van der Waals surface area contributed by atoms with Gasteiger partial charge in [-0.3, -0.25) is 4.79 Å². The zero-order chi connectivity index (χ0) is 19.2. The zero-order valence-corrected chi connectivity index (χ0v) is 14.0. The van der Waals surface area contributed by atoms with Crippen LogP contribution >= 0.6 is 0 Å². The fraction of sp³-hybridized carbons (Fsp3) is 0.294. The summed E-state index contributed by atoms with van der Waals surface area (Å²) in [7, 11) is 1.52. The highest BCUT2D eigenvalue weighted by atomic mass is 19.4. The average Bonchev–Trinajstić information content (AvgIpc) is 3.10. The maximum atomic E-state index is 12.9. The second kappa shape index (κ2) is 8.41. The van der Waals surface area contributed by atoms with Crippen LogP contribution in [0, 0.1) is 0 Å². The minimum atomic E-state index is -4.50. The normalized spacial score (nSPS) is 11.1. The van der Waals surface area contributed by atoms with Crippen molar-refractivity contribution in [3.63, 3.8) is 0 Å². The number of furan rings is 1. The van der Waals surface area contributed by atoms with Crippen molar-refractivity contribution in [2.24, 2.45) is 0 Å². The fourth-order valence-electron chi connectivity index (χ4n) is 2.21. The molecule has 6 nitrogen and oxygen atoms in total. The van der Waals surface area contributed by atoms with Gasteiger partial charge in [-0.2, -0.15) is 13.2 Å². The highest BCUT2D eigenvalue weighted by Gasteiger charge is 2.32. The minimum absolute atomic E-state index is 0.0467. The summed E-state index contributed by atoms with van der Waals surface area (Å²) in [6.07, 6.45) is -3.02. The van der Waals surface area contributed by atoms with Crippen molar-refractivity contribution in [2.75, 3.05) is 13.6 Å². The van der Waals surface area contributed by atoms with Crippen LogP contribution in [0.5, 0.6) is 0 Å². The lowest BCUT2D eigenvalue weighted by molar-refractivity contribution is -0.138. The molecule has 9 heteroatoms. The Kier molecular flexibility index (Phi) is 6.26. The number of amides is 3. The lowest BCUT2D eigenvalue weighted by Crippen LogP contribution is -2.42. The van der Waals surface area contributed by atoms with E-state index in [1.54, 1.807) is 12.1 Å². The lowest BCUT2D eigenvalue weighted by Gasteiger charge is -2.17. The van der Waals surface area contributed by atoms with Crippen LogP contribution in [0.4, 0.5) is 18.0 Å². The molecule has 0 saturated carbocycles. The first kappa shape index (κ1) is 19.4. The molecule has 26 heavy (non-hydrogen) atoms. The van der Waals surface area contributed by atoms with Crippen molar-refractivity contribution in [2.45, 2.75) is 19.3 Å². The molecule has 0 radical (unpaired) electrons. The second-order valence-electron chi connectivity index (χ2n) is 5.53. The molecule has 1 heterocycles. The smallest absolute Gasteiger partial charge is 0.416 e. The first-order valence-corrected chi connectivity index (χ1v) is 7.70. The van der Waals surface area contributed by atoms with Gasteiger partial charge in [0.1, 0.15) is 5.76 Å². The Hall–Kier alpha value is -2.97. The average molecular weight is 369 g/mol. The number of carbonyl (C=O) groups excluding carboxylic acids is 2. The number of hydrogen-bond acceptors (Lipinski definition) is 3. The monoisotopic (exact) mass is 369 g/mol. The number of nitrogens with zero attached hydrogens (tertiary/aromatic N) is 1. The maximum Gasteiger partial charge on any atom is 0.416 e. The summed E-state index contributed by atoms with van der Waals surface area (Å²) >= 11 is 0. The molecule has 0 unspecified atom stereocenters. The SMILES string of the molecule is CN(Cc1ccco1)C(=O)NCC(=O)NCc1ccccc1C(F)(F)F. The van der Waals surface area contributed by atoms with Gasteiger partial charge < -0.3 is 20.0 Å². The number of rotatable bonds is 6. The van der Waals surface area contributed by atoms with Crippen LogP contribution in [0.2, 0.25) is 0 Å². The molecule has 0 aliphatic carbocycles. The van der Waals surface area contributed by atoms with Crippen LogP contribution in [-0.2, 0) is 24.1 Å². The molecule has 2 N–H and O–H groups in total. The van der Waals surface area contributed by atoms with Crippen molar-refractivity contribution in [3.05, 3.63) is 59.5 Å². The van der Waals surface area contributed by atoms with E-state index < -0.39 is 23.7 Å². The van der Waals surface area contributed by atoms with E-state index in [0.29, 0.717) is 5.76 Å². The molecule has 0 saturated heterocycles. The predicted octanol–water partition coefficient (Wildman–Crippen LogP) is 2.76. The number of carbonyl (C=O) groups is 2. The molecule has 0 aliphatic rings. The quantitative estimate of drug-likeness (QED) is 0.822. The Morgan fingerprint density at radius 1 is 1.12 bits per heavy atom. The van der Waals surface area contributed by atoms with E-state index in [1.807, 2.05) is 0 Å². The van der Waals surface area contributed by atoms with E-state index in [0.717, 1.165) is 6.07 Å². The third-order valence-electron chi connectivity index (χ3n) is 3.52. The molecule has 2 aromatic rings. The molecular weight excluding hydrogens is 351 g/mol. The number of hydrogen-bond donors (Lipinski definition) is 2. The van der Waals surface area contributed by atoms with Gasteiger partial charge in [0.15, 0.2) is 0 Å². The molecule has 0 atom stereocenters. The van der Waals surface area contributed by atoms with Gasteiger partial charge in [0.05, 0.1) is 24.9 Å². The Bertz CT molecular complexity index is 745. The van der Waals surface area contributed by atoms with Crippen LogP contribution in [0.1, 0.15) is 16.9 Å². The Morgan fingerprint density at radius 3 is 2.50 bits per heavy atom. The van der Waals surface area contributed by atoms with Crippen molar-refractivity contribution >= 4 is 11.9 Å². The van der Waals surface area contributed by atoms with Gasteiger partial charge in [0, 0.05) is 13.6 Å². The van der Waals surface area contributed by atoms with Crippen LogP contribution in [-0.4, -0.2) is 30.4 Å². The third-order valence-corrected chi connectivity index (χ3v) is 3.52. The van der Waals surface area contributed by atoms with Crippen molar-refractivity contribution in [1.82, 2.24) is 15.5 Å². The Morgan fingerprint density at radius 2 is 1.85 bits per heavy atom. The molecule has 0 fully saturated rings. The largest absolute Gasteiger partial charge is 0.467 e. The minimum Gasteiger partial charge on any atom is -0.467 e. The van der Waals surface area contributed by atoms with Gasteiger partial charge in [-0.15, -0.1) is 0 Å². The van der Waals surface area contributed by atoms with Crippen LogP contribution in [0.3, 0.4) is 0 Å². The van der Waals surface area contributed by atoms with Crippen LogP contribution < -0.4 is 10.6 Å². The molecule has 140 valence electrons. The number of nitrogens with one attached hydrogen (secondary N) is 2. The van der Waals surface area contributed by atoms with E-state index in [4.69, 9.17) is 4.42 Å². The summed E-state index contributed by atoms with van der Waals surface area (Å²) in [6, 6.07) is 7.87. The molecule has 3 amide bonds. The van der Waals surface area contributed by atoms with Crippen LogP contribution in [0.15, 0.2) is 47.1 Å². The van der Waals surface area contributed by atoms with E-state index in [-0.39, 0.29) is 25.2 Å². The molecular formula is C17H18F3N3O3. The van der Waals surface area contributed by atoms with Crippen molar-refractivity contribution in [1.29, 1.82) is 0 Å². The highest BCUT2D eigenvalue weighted by molar-refractivity contribution is 5.83. The first-order chi connectivity index (χ1) is 12.3. The van der Waals surface area contributed by atoms with Crippen LogP contribution in [0.25, 0.3) is 0 Å². The third kappa shape index (κ3) is 5.54. The molecule has 1 aromatic carbocycles. The molecule has 0 aliphatic heterocycles. The van der Waals surface area contributed by atoms with Gasteiger partial charge in [0.25, 0.3) is 0 Å². The topological polar surface area (TPSA) is 74.6 Å². The zero-order valence-electron chi connectivity index (χ0n) is 14.0. The summed E-state index contributed by atoms with van der Waals surface area (Å²) in [6.45, 7) is -0.415. The lowest BCUT2D eigenvalue weighted by atomic mass is 10.1. The van der Waals surface area contributed by atoms with Crippen molar-refractivity contribution < 1.29 is 27.2 Å². The molecule has 0 bridgehead atoms. The van der Waals surface area contributed by atoms with Gasteiger partial charge in [-0.1, -0.05) is 18.2 Å². The Balaban J connectivity index is 1.80. The summed E-state index contributed by atoms with van der Waals surface area (Å²) in [4.78, 5) is 25.0. The Labute approximate surface area is 148 Å². The van der Waals surface area contributed by atoms with E-state index in [2.05, 4.69) is 10.6 Å². The number of halogens is 3. The van der Waals surface area contributed by atoms with E-state index in [1.165, 1.54) is 36.4 Å². The van der Waals surface area contributed by atoms with Gasteiger partial charge in [-0.25, -0.2) is 4.79 Å². The van der Waals surface area contributed by atoms with Crippen molar-refractivity contribution in [3.8, 4) is 0 Å². The summed E-state index contributed by atoms with van der Waals surface area (Å²) < 4.78 is 43.8. The van der Waals surface area contributed by atoms with E-state index >= 15 is 0 Å². The van der Waals surface area contributed by atoms with E-state index in [9.17, 15) is 22.8 Å². The standard InChI is InChI=1S/C17H18F3N3O3/c1-23(11-13-6-4-8-26-13)16(25)22-10-15(24)21-9-12-5-2-3-7-14(12)17(18,19)20/h2-8H,9-11H2,1H3,(H,21,24)(H,22,25). The summed E-state index contributed by atoms with van der Waals surface area (Å²) in [5.41, 5.74) is -0.850. The molecule has 0 spiro atoms. The first-order valence-electron chi connectivity index (χ1n) is 7.70. The number of urea groups is 1. The highest BCUT2D eigenvalue weighted by Crippen LogP contribution is 2.31. The second-order valence-corrected chi connectivity index (χ2v) is 5.53. The van der Waals surface area contributed by atoms with Gasteiger partial charge in [-0.05, 0) is 23.8 Å². The predicted molar refractivity (Wildman–Crippen MR) is 86.9 cm³/mol. The molecule has 2 rings (SSSR count). The number of benzene rings is 1. The van der Waals surface area contributed by atoms with Gasteiger partial charge in [0.2, 0.25) is 5.91 Å².